The second-order valence-electron chi connectivity index (χ2n) is 5.34. The van der Waals surface area contributed by atoms with Crippen LogP contribution in [0.2, 0.25) is 0 Å². The first-order valence-electron chi connectivity index (χ1n) is 6.65. The lowest BCUT2D eigenvalue weighted by atomic mass is 10.0. The third-order valence-corrected chi connectivity index (χ3v) is 3.33. The van der Waals surface area contributed by atoms with Crippen LogP contribution in [-0.2, 0) is 9.53 Å². The summed E-state index contributed by atoms with van der Waals surface area (Å²) in [6, 6.07) is 1.77. The Kier molecular flexibility index (Phi) is 4.13. The third kappa shape index (κ3) is 2.85. The monoisotopic (exact) mass is 281 g/mol. The molecule has 1 N–H and O–H groups in total. The molecule has 1 saturated heterocycles. The van der Waals surface area contributed by atoms with Crippen molar-refractivity contribution >= 4 is 11.9 Å². The normalized spacial score (nSPS) is 23.1. The maximum atomic E-state index is 12.5. The second-order valence-corrected chi connectivity index (χ2v) is 5.34. The fourth-order valence-electron chi connectivity index (χ4n) is 2.34. The van der Waals surface area contributed by atoms with Gasteiger partial charge in [-0.1, -0.05) is 13.8 Å². The zero-order chi connectivity index (χ0) is 14.9. The highest BCUT2D eigenvalue weighted by atomic mass is 16.5. The molecule has 1 unspecified atom stereocenters. The number of amides is 1. The maximum absolute atomic E-state index is 12.5. The summed E-state index contributed by atoms with van der Waals surface area (Å²) < 4.78 is 10.6. The molecule has 1 aliphatic heterocycles. The smallest absolute Gasteiger partial charge is 0.334 e. The molecule has 1 amide bonds. The Bertz CT molecular complexity index is 507. The summed E-state index contributed by atoms with van der Waals surface area (Å²) in [5, 5.41) is 9.04. The Balaban J connectivity index is 2.19. The summed E-state index contributed by atoms with van der Waals surface area (Å²) in [5.41, 5.74) is 0.834. The van der Waals surface area contributed by atoms with Crippen molar-refractivity contribution < 1.29 is 23.8 Å². The molecule has 6 heteroatoms. The average molecular weight is 281 g/mol. The number of hydrogen-bond donors (Lipinski definition) is 1. The lowest BCUT2D eigenvalue weighted by Crippen LogP contribution is -2.51. The van der Waals surface area contributed by atoms with Crippen LogP contribution >= 0.6 is 0 Å². The Morgan fingerprint density at radius 3 is 2.70 bits per heavy atom. The van der Waals surface area contributed by atoms with Crippen molar-refractivity contribution in [2.45, 2.75) is 38.9 Å². The van der Waals surface area contributed by atoms with Crippen LogP contribution in [-0.4, -0.2) is 47.2 Å². The van der Waals surface area contributed by atoms with Gasteiger partial charge in [-0.25, -0.2) is 4.79 Å². The van der Waals surface area contributed by atoms with Crippen molar-refractivity contribution in [3.05, 3.63) is 23.7 Å². The molecule has 110 valence electrons. The van der Waals surface area contributed by atoms with Gasteiger partial charge in [0.2, 0.25) is 0 Å². The first-order chi connectivity index (χ1) is 9.40. The molecule has 2 heterocycles. The quantitative estimate of drug-likeness (QED) is 0.912. The Morgan fingerprint density at radius 1 is 1.40 bits per heavy atom. The first kappa shape index (κ1) is 14.6. The van der Waals surface area contributed by atoms with Gasteiger partial charge in [-0.2, -0.15) is 0 Å². The number of rotatable bonds is 3. The average Bonchev–Trinajstić information content (AvgIpc) is 2.86. The predicted octanol–water partition coefficient (Wildman–Crippen LogP) is 1.72. The molecule has 2 atom stereocenters. The molecule has 1 aromatic heterocycles. The second kappa shape index (κ2) is 5.66. The van der Waals surface area contributed by atoms with E-state index in [0.29, 0.717) is 12.3 Å². The van der Waals surface area contributed by atoms with Crippen LogP contribution < -0.4 is 0 Å². The van der Waals surface area contributed by atoms with Gasteiger partial charge in [0, 0.05) is 12.1 Å². The minimum atomic E-state index is -1.06. The molecule has 0 bridgehead atoms. The lowest BCUT2D eigenvalue weighted by molar-refractivity contribution is -0.160. The molecule has 1 fully saturated rings. The van der Waals surface area contributed by atoms with Gasteiger partial charge in [0.25, 0.3) is 5.91 Å². The van der Waals surface area contributed by atoms with E-state index in [-0.39, 0.29) is 24.5 Å². The highest BCUT2D eigenvalue weighted by Crippen LogP contribution is 2.23. The molecule has 6 nitrogen and oxygen atoms in total. The molecular weight excluding hydrogens is 262 g/mol. The minimum Gasteiger partial charge on any atom is -0.479 e. The van der Waals surface area contributed by atoms with E-state index >= 15 is 0 Å². The number of carboxylic acids is 1. The van der Waals surface area contributed by atoms with Crippen molar-refractivity contribution in [2.24, 2.45) is 0 Å². The van der Waals surface area contributed by atoms with Crippen molar-refractivity contribution in [3.63, 3.8) is 0 Å². The highest BCUT2D eigenvalue weighted by Gasteiger charge is 2.34. The Morgan fingerprint density at radius 2 is 2.10 bits per heavy atom. The van der Waals surface area contributed by atoms with E-state index < -0.39 is 12.1 Å². The van der Waals surface area contributed by atoms with Gasteiger partial charge in [-0.3, -0.25) is 4.79 Å². The van der Waals surface area contributed by atoms with E-state index in [1.54, 1.807) is 13.0 Å². The molecule has 0 aliphatic carbocycles. The number of carbonyl (C=O) groups is 2. The zero-order valence-corrected chi connectivity index (χ0v) is 11.8. The summed E-state index contributed by atoms with van der Waals surface area (Å²) in [6.45, 7) is 6.10. The topological polar surface area (TPSA) is 80.0 Å². The first-order valence-corrected chi connectivity index (χ1v) is 6.65. The SMILES string of the molecule is CC(C)c1ccoc1C(=O)N1CC(C(=O)O)O[C@H](C)C1. The molecule has 1 aromatic rings. The molecule has 0 spiro atoms. The summed E-state index contributed by atoms with van der Waals surface area (Å²) in [6.07, 6.45) is 0.188. The number of morpholine rings is 1. The summed E-state index contributed by atoms with van der Waals surface area (Å²) in [4.78, 5) is 25.0. The van der Waals surface area contributed by atoms with E-state index in [2.05, 4.69) is 0 Å². The van der Waals surface area contributed by atoms with Crippen LogP contribution in [0.15, 0.2) is 16.7 Å². The van der Waals surface area contributed by atoms with Gasteiger partial charge in [0.05, 0.1) is 18.9 Å². The summed E-state index contributed by atoms with van der Waals surface area (Å²) in [7, 11) is 0. The van der Waals surface area contributed by atoms with E-state index in [4.69, 9.17) is 14.3 Å². The number of ether oxygens (including phenoxy) is 1. The Hall–Kier alpha value is -1.82. The number of carboxylic acid groups (broad SMARTS) is 1. The van der Waals surface area contributed by atoms with E-state index in [1.165, 1.54) is 11.2 Å². The van der Waals surface area contributed by atoms with Gasteiger partial charge < -0.3 is 19.2 Å². The number of aliphatic carboxylic acids is 1. The van der Waals surface area contributed by atoms with Crippen LogP contribution in [0, 0.1) is 0 Å². The fourth-order valence-corrected chi connectivity index (χ4v) is 2.34. The molecule has 0 aromatic carbocycles. The lowest BCUT2D eigenvalue weighted by Gasteiger charge is -2.34. The van der Waals surface area contributed by atoms with Crippen LogP contribution in [0.1, 0.15) is 42.8 Å². The molecule has 20 heavy (non-hydrogen) atoms. The maximum Gasteiger partial charge on any atom is 0.334 e. The van der Waals surface area contributed by atoms with Crippen molar-refractivity contribution in [1.29, 1.82) is 0 Å². The standard InChI is InChI=1S/C14H19NO5/c1-8(2)10-4-5-19-12(10)13(16)15-6-9(3)20-11(7-15)14(17)18/h4-5,8-9,11H,6-7H2,1-3H3,(H,17,18)/t9-,11?/m1/s1. The summed E-state index contributed by atoms with van der Waals surface area (Å²) in [5.74, 6) is -0.877. The van der Waals surface area contributed by atoms with Gasteiger partial charge in [-0.05, 0) is 18.9 Å². The van der Waals surface area contributed by atoms with Gasteiger partial charge in [0.15, 0.2) is 11.9 Å². The van der Waals surface area contributed by atoms with Gasteiger partial charge in [0.1, 0.15) is 0 Å². The van der Waals surface area contributed by atoms with E-state index in [1.807, 2.05) is 13.8 Å². The molecule has 2 rings (SSSR count). The van der Waals surface area contributed by atoms with Crippen molar-refractivity contribution in [2.75, 3.05) is 13.1 Å². The van der Waals surface area contributed by atoms with Crippen LogP contribution in [0.3, 0.4) is 0 Å². The number of carbonyl (C=O) groups excluding carboxylic acids is 1. The molecular formula is C14H19NO5. The van der Waals surface area contributed by atoms with Crippen LogP contribution in [0.4, 0.5) is 0 Å². The van der Waals surface area contributed by atoms with E-state index in [9.17, 15) is 9.59 Å². The highest BCUT2D eigenvalue weighted by molar-refractivity contribution is 5.93. The molecule has 1 aliphatic rings. The largest absolute Gasteiger partial charge is 0.479 e. The zero-order valence-electron chi connectivity index (χ0n) is 11.8. The van der Waals surface area contributed by atoms with Crippen molar-refractivity contribution in [3.8, 4) is 0 Å². The summed E-state index contributed by atoms with van der Waals surface area (Å²) >= 11 is 0. The predicted molar refractivity (Wildman–Crippen MR) is 70.7 cm³/mol. The van der Waals surface area contributed by atoms with Crippen LogP contribution in [0.5, 0.6) is 0 Å². The minimum absolute atomic E-state index is 0.0384. The molecule has 0 radical (unpaired) electrons. The number of nitrogens with zero attached hydrogens (tertiary/aromatic N) is 1. The van der Waals surface area contributed by atoms with Crippen molar-refractivity contribution in [1.82, 2.24) is 4.90 Å². The molecule has 0 saturated carbocycles. The fraction of sp³-hybridized carbons (Fsp3) is 0.571. The van der Waals surface area contributed by atoms with Gasteiger partial charge in [-0.15, -0.1) is 0 Å². The number of furan rings is 1. The third-order valence-electron chi connectivity index (χ3n) is 3.33. The Labute approximate surface area is 117 Å². The van der Waals surface area contributed by atoms with Crippen LogP contribution in [0.25, 0.3) is 0 Å². The van der Waals surface area contributed by atoms with Gasteiger partial charge >= 0.3 is 5.97 Å². The number of hydrogen-bond acceptors (Lipinski definition) is 4. The van der Waals surface area contributed by atoms with E-state index in [0.717, 1.165) is 5.56 Å².